The summed E-state index contributed by atoms with van der Waals surface area (Å²) >= 11 is 5.91. The van der Waals surface area contributed by atoms with Crippen molar-refractivity contribution in [2.75, 3.05) is 14.2 Å². The standard InChI is InChI=1S/C27H33N3O3S/c1-18(19-10-6-4-7-11-19)28-27(34)30(22-12-8-5-9-13-22)17-21-14-20-15-24(32-2)25(33-3)16-23(20)29-26(21)31/h4,6-7,10-11,14-16,18,22H,5,8-9,12-13,17H2,1-3H3,(H,28,34)(H,29,31)/t18-/m0/s1. The highest BCUT2D eigenvalue weighted by Gasteiger charge is 2.25. The van der Waals surface area contributed by atoms with Crippen molar-refractivity contribution in [1.29, 1.82) is 0 Å². The molecule has 2 aromatic carbocycles. The lowest BCUT2D eigenvalue weighted by atomic mass is 9.94. The van der Waals surface area contributed by atoms with Gasteiger partial charge >= 0.3 is 0 Å². The number of methoxy groups -OCH3 is 2. The van der Waals surface area contributed by atoms with Gasteiger partial charge in [-0.2, -0.15) is 0 Å². The predicted octanol–water partition coefficient (Wildman–Crippen LogP) is 5.32. The van der Waals surface area contributed by atoms with Gasteiger partial charge in [-0.1, -0.05) is 49.6 Å². The molecule has 6 nitrogen and oxygen atoms in total. The normalized spacial score (nSPS) is 15.0. The molecule has 180 valence electrons. The molecule has 0 unspecified atom stereocenters. The summed E-state index contributed by atoms with van der Waals surface area (Å²) in [6.45, 7) is 2.57. The molecule has 1 aliphatic rings. The lowest BCUT2D eigenvalue weighted by Crippen LogP contribution is -2.47. The fraction of sp³-hybridized carbons (Fsp3) is 0.407. The highest BCUT2D eigenvalue weighted by molar-refractivity contribution is 7.80. The van der Waals surface area contributed by atoms with Crippen molar-refractivity contribution in [3.63, 3.8) is 0 Å². The summed E-state index contributed by atoms with van der Waals surface area (Å²) in [7, 11) is 3.20. The third-order valence-corrected chi connectivity index (χ3v) is 7.03. The number of benzene rings is 2. The van der Waals surface area contributed by atoms with Gasteiger partial charge in [0, 0.05) is 23.1 Å². The average molecular weight is 480 g/mol. The Bertz CT molecular complexity index is 1190. The minimum absolute atomic E-state index is 0.0754. The van der Waals surface area contributed by atoms with Crippen LogP contribution in [0.1, 0.15) is 56.2 Å². The Labute approximate surface area is 206 Å². The van der Waals surface area contributed by atoms with Crippen LogP contribution in [0.25, 0.3) is 10.9 Å². The van der Waals surface area contributed by atoms with Crippen molar-refractivity contribution in [3.8, 4) is 11.5 Å². The first-order chi connectivity index (χ1) is 16.5. The van der Waals surface area contributed by atoms with Crippen LogP contribution in [-0.2, 0) is 6.54 Å². The van der Waals surface area contributed by atoms with E-state index in [0.29, 0.717) is 40.3 Å². The van der Waals surface area contributed by atoms with Crippen molar-refractivity contribution < 1.29 is 9.47 Å². The highest BCUT2D eigenvalue weighted by atomic mass is 32.1. The molecule has 3 aromatic rings. The van der Waals surface area contributed by atoms with Crippen LogP contribution in [-0.4, -0.2) is 35.3 Å². The molecule has 1 heterocycles. The van der Waals surface area contributed by atoms with Crippen LogP contribution in [0.2, 0.25) is 0 Å². The molecule has 0 amide bonds. The van der Waals surface area contributed by atoms with Crippen LogP contribution in [0.5, 0.6) is 11.5 Å². The predicted molar refractivity (Wildman–Crippen MR) is 141 cm³/mol. The van der Waals surface area contributed by atoms with Crippen molar-refractivity contribution in [2.24, 2.45) is 0 Å². The molecule has 1 atom stereocenters. The largest absolute Gasteiger partial charge is 0.493 e. The number of aromatic nitrogens is 1. The second-order valence-corrected chi connectivity index (χ2v) is 9.31. The molecule has 0 radical (unpaired) electrons. The van der Waals surface area contributed by atoms with Crippen LogP contribution >= 0.6 is 12.2 Å². The maximum Gasteiger partial charge on any atom is 0.253 e. The minimum atomic E-state index is -0.112. The van der Waals surface area contributed by atoms with Crippen LogP contribution in [0, 0.1) is 0 Å². The Morgan fingerprint density at radius 2 is 1.76 bits per heavy atom. The second-order valence-electron chi connectivity index (χ2n) is 8.92. The van der Waals surface area contributed by atoms with Crippen molar-refractivity contribution in [1.82, 2.24) is 15.2 Å². The average Bonchev–Trinajstić information content (AvgIpc) is 2.87. The number of H-pyrrole nitrogens is 1. The Hall–Kier alpha value is -3.06. The Morgan fingerprint density at radius 1 is 1.09 bits per heavy atom. The molecule has 7 heteroatoms. The summed E-state index contributed by atoms with van der Waals surface area (Å²) in [5.41, 5.74) is 2.47. The molecule has 1 aliphatic carbocycles. The lowest BCUT2D eigenvalue weighted by molar-refractivity contribution is 0.233. The third-order valence-electron chi connectivity index (χ3n) is 6.68. The first-order valence-corrected chi connectivity index (χ1v) is 12.3. The van der Waals surface area contributed by atoms with Crippen molar-refractivity contribution in [3.05, 3.63) is 70.0 Å². The van der Waals surface area contributed by atoms with Gasteiger partial charge in [0.2, 0.25) is 0 Å². The maximum absolute atomic E-state index is 13.1. The van der Waals surface area contributed by atoms with Gasteiger partial charge in [0.05, 0.1) is 32.3 Å². The SMILES string of the molecule is COc1cc2cc(CN(C(=S)N[C@@H](C)c3ccccc3)C3CCCCC3)c(=O)[nH]c2cc1OC. The van der Waals surface area contributed by atoms with Crippen molar-refractivity contribution in [2.45, 2.75) is 57.7 Å². The number of nitrogens with zero attached hydrogens (tertiary/aromatic N) is 1. The molecule has 0 bridgehead atoms. The Morgan fingerprint density at radius 3 is 2.44 bits per heavy atom. The minimum Gasteiger partial charge on any atom is -0.493 e. The number of thiocarbonyl (C=S) groups is 1. The number of hydrogen-bond acceptors (Lipinski definition) is 4. The number of nitrogens with one attached hydrogen (secondary N) is 2. The molecule has 1 fully saturated rings. The summed E-state index contributed by atoms with van der Waals surface area (Å²) in [4.78, 5) is 18.3. The topological polar surface area (TPSA) is 66.6 Å². The first-order valence-electron chi connectivity index (χ1n) is 11.9. The number of ether oxygens (including phenoxy) is 2. The molecule has 4 rings (SSSR count). The zero-order valence-electron chi connectivity index (χ0n) is 20.1. The van der Waals surface area contributed by atoms with E-state index in [9.17, 15) is 4.79 Å². The number of aromatic amines is 1. The number of pyridine rings is 1. The molecule has 34 heavy (non-hydrogen) atoms. The zero-order chi connectivity index (χ0) is 24.1. The quantitative estimate of drug-likeness (QED) is 0.448. The van der Waals surface area contributed by atoms with E-state index in [0.717, 1.165) is 18.2 Å². The molecule has 1 aromatic heterocycles. The molecular formula is C27H33N3O3S. The van der Waals surface area contributed by atoms with E-state index in [4.69, 9.17) is 21.7 Å². The fourth-order valence-electron chi connectivity index (χ4n) is 4.73. The van der Waals surface area contributed by atoms with Gasteiger partial charge in [-0.15, -0.1) is 0 Å². The summed E-state index contributed by atoms with van der Waals surface area (Å²) in [6.07, 6.45) is 5.78. The monoisotopic (exact) mass is 479 g/mol. The van der Waals surface area contributed by atoms with E-state index in [1.54, 1.807) is 20.3 Å². The summed E-state index contributed by atoms with van der Waals surface area (Å²) in [6, 6.07) is 16.3. The molecule has 0 saturated heterocycles. The van der Waals surface area contributed by atoms with Gasteiger partial charge in [0.15, 0.2) is 16.6 Å². The smallest absolute Gasteiger partial charge is 0.253 e. The summed E-state index contributed by atoms with van der Waals surface area (Å²) in [5, 5.41) is 5.10. The van der Waals surface area contributed by atoms with E-state index < -0.39 is 0 Å². The van der Waals surface area contributed by atoms with Crippen LogP contribution in [0.15, 0.2) is 53.3 Å². The maximum atomic E-state index is 13.1. The Balaban J connectivity index is 1.63. The number of fused-ring (bicyclic) bond motifs is 1. The second kappa shape index (κ2) is 10.9. The van der Waals surface area contributed by atoms with Gasteiger partial charge in [-0.05, 0) is 49.7 Å². The first kappa shape index (κ1) is 24.1. The molecule has 0 spiro atoms. The van der Waals surface area contributed by atoms with Gasteiger partial charge in [0.25, 0.3) is 5.56 Å². The van der Waals surface area contributed by atoms with Crippen LogP contribution < -0.4 is 20.3 Å². The van der Waals surface area contributed by atoms with Crippen LogP contribution in [0.3, 0.4) is 0 Å². The zero-order valence-corrected chi connectivity index (χ0v) is 20.9. The van der Waals surface area contributed by atoms with E-state index in [1.165, 1.54) is 24.8 Å². The van der Waals surface area contributed by atoms with E-state index in [2.05, 4.69) is 34.3 Å². The highest BCUT2D eigenvalue weighted by Crippen LogP contribution is 2.31. The molecular weight excluding hydrogens is 446 g/mol. The van der Waals surface area contributed by atoms with Gasteiger partial charge in [-0.25, -0.2) is 0 Å². The molecule has 0 aliphatic heterocycles. The Kier molecular flexibility index (Phi) is 7.73. The number of rotatable bonds is 7. The summed E-state index contributed by atoms with van der Waals surface area (Å²) < 4.78 is 10.8. The van der Waals surface area contributed by atoms with Gasteiger partial charge < -0.3 is 24.7 Å². The molecule has 2 N–H and O–H groups in total. The van der Waals surface area contributed by atoms with E-state index in [-0.39, 0.29) is 11.6 Å². The fourth-order valence-corrected chi connectivity index (χ4v) is 5.12. The lowest BCUT2D eigenvalue weighted by Gasteiger charge is -2.37. The summed E-state index contributed by atoms with van der Waals surface area (Å²) in [5.74, 6) is 1.22. The van der Waals surface area contributed by atoms with Crippen LogP contribution in [0.4, 0.5) is 0 Å². The van der Waals surface area contributed by atoms with E-state index in [1.807, 2.05) is 30.3 Å². The van der Waals surface area contributed by atoms with Crippen molar-refractivity contribution >= 4 is 28.2 Å². The van der Waals surface area contributed by atoms with Gasteiger partial charge in [0.1, 0.15) is 0 Å². The van der Waals surface area contributed by atoms with E-state index >= 15 is 0 Å². The van der Waals surface area contributed by atoms with Gasteiger partial charge in [-0.3, -0.25) is 4.79 Å². The molecule has 1 saturated carbocycles. The number of hydrogen-bond donors (Lipinski definition) is 2. The third kappa shape index (κ3) is 5.36.